The third-order valence-corrected chi connectivity index (χ3v) is 3.53. The summed E-state index contributed by atoms with van der Waals surface area (Å²) in [6.45, 7) is 7.00. The summed E-state index contributed by atoms with van der Waals surface area (Å²) in [5.41, 5.74) is 3.52. The van der Waals surface area contributed by atoms with Gasteiger partial charge in [0.15, 0.2) is 0 Å². The lowest BCUT2D eigenvalue weighted by Gasteiger charge is -2.17. The molecule has 0 aliphatic heterocycles. The molecule has 0 aliphatic carbocycles. The first-order valence-electron chi connectivity index (χ1n) is 6.14. The summed E-state index contributed by atoms with van der Waals surface area (Å²) in [4.78, 5) is 0. The van der Waals surface area contributed by atoms with Crippen LogP contribution in [0.15, 0.2) is 6.07 Å². The van der Waals surface area contributed by atoms with Crippen LogP contribution in [0, 0.1) is 13.8 Å². The zero-order valence-electron chi connectivity index (χ0n) is 10.8. The Hall–Kier alpha value is -0.340. The lowest BCUT2D eigenvalue weighted by molar-refractivity contribution is 0.311. The van der Waals surface area contributed by atoms with E-state index in [9.17, 15) is 0 Å². The number of halogens is 1. The number of hydrogen-bond acceptors (Lipinski definition) is 2. The number of benzene rings is 1. The molecule has 0 atom stereocenters. The maximum atomic E-state index is 6.23. The first kappa shape index (κ1) is 14.7. The normalized spacial score (nSPS) is 10.6. The van der Waals surface area contributed by atoms with Gasteiger partial charge in [-0.3, -0.25) is 0 Å². The molecule has 1 aromatic carbocycles. The Bertz CT molecular complexity index is 377. The smallest absolute Gasteiger partial charge is 0.125 e. The summed E-state index contributed by atoms with van der Waals surface area (Å²) < 4.78 is 5.87. The fraction of sp³-hybridized carbons (Fsp3) is 0.571. The van der Waals surface area contributed by atoms with Gasteiger partial charge in [0.25, 0.3) is 0 Å². The van der Waals surface area contributed by atoms with E-state index in [0.717, 1.165) is 53.5 Å². The van der Waals surface area contributed by atoms with Gasteiger partial charge < -0.3 is 4.74 Å². The van der Waals surface area contributed by atoms with E-state index in [1.54, 1.807) is 0 Å². The highest BCUT2D eigenvalue weighted by Crippen LogP contribution is 2.33. The van der Waals surface area contributed by atoms with Gasteiger partial charge >= 0.3 is 0 Å². The molecular formula is C14H21ClOS. The summed E-state index contributed by atoms with van der Waals surface area (Å²) in [5, 5.41) is 0.834. The van der Waals surface area contributed by atoms with Crippen molar-refractivity contribution < 1.29 is 4.74 Å². The van der Waals surface area contributed by atoms with Gasteiger partial charge in [0.05, 0.1) is 6.61 Å². The van der Waals surface area contributed by atoms with E-state index in [2.05, 4.69) is 33.4 Å². The van der Waals surface area contributed by atoms with Crippen molar-refractivity contribution in [3.05, 3.63) is 27.8 Å². The molecule has 0 saturated carbocycles. The molecule has 0 fully saturated rings. The predicted molar refractivity (Wildman–Crippen MR) is 78.9 cm³/mol. The SMILES string of the molecule is CCCOc1c(C)cc(Cl)c(C)c1CCCS. The lowest BCUT2D eigenvalue weighted by atomic mass is 9.99. The van der Waals surface area contributed by atoms with Crippen LogP contribution in [-0.2, 0) is 6.42 Å². The van der Waals surface area contributed by atoms with Gasteiger partial charge in [-0.05, 0) is 61.6 Å². The number of rotatable bonds is 6. The first-order valence-corrected chi connectivity index (χ1v) is 7.15. The minimum atomic E-state index is 0.760. The number of hydrogen-bond donors (Lipinski definition) is 1. The van der Waals surface area contributed by atoms with Crippen molar-refractivity contribution in [3.8, 4) is 5.75 Å². The predicted octanol–water partition coefficient (Wildman–Crippen LogP) is 4.61. The highest BCUT2D eigenvalue weighted by atomic mass is 35.5. The van der Waals surface area contributed by atoms with E-state index in [-0.39, 0.29) is 0 Å². The van der Waals surface area contributed by atoms with Crippen LogP contribution in [0.5, 0.6) is 5.75 Å². The Morgan fingerprint density at radius 1 is 1.35 bits per heavy atom. The molecule has 3 heteroatoms. The topological polar surface area (TPSA) is 9.23 Å². The summed E-state index contributed by atoms with van der Waals surface area (Å²) in [6.07, 6.45) is 3.05. The highest BCUT2D eigenvalue weighted by Gasteiger charge is 2.13. The molecule has 0 radical (unpaired) electrons. The fourth-order valence-electron chi connectivity index (χ4n) is 1.88. The maximum Gasteiger partial charge on any atom is 0.125 e. The van der Waals surface area contributed by atoms with Crippen molar-refractivity contribution in [2.24, 2.45) is 0 Å². The third kappa shape index (κ3) is 3.82. The molecule has 0 bridgehead atoms. The van der Waals surface area contributed by atoms with E-state index < -0.39 is 0 Å². The minimum Gasteiger partial charge on any atom is -0.493 e. The van der Waals surface area contributed by atoms with Crippen molar-refractivity contribution in [1.29, 1.82) is 0 Å². The first-order chi connectivity index (χ1) is 8.11. The monoisotopic (exact) mass is 272 g/mol. The third-order valence-electron chi connectivity index (χ3n) is 2.82. The molecule has 0 heterocycles. The molecule has 1 nitrogen and oxygen atoms in total. The summed E-state index contributed by atoms with van der Waals surface area (Å²) in [5.74, 6) is 1.91. The quantitative estimate of drug-likeness (QED) is 0.744. The second kappa shape index (κ2) is 7.17. The minimum absolute atomic E-state index is 0.760. The zero-order valence-corrected chi connectivity index (χ0v) is 12.5. The van der Waals surface area contributed by atoms with E-state index in [1.165, 1.54) is 5.56 Å². The Labute approximate surface area is 115 Å². The van der Waals surface area contributed by atoms with Crippen molar-refractivity contribution in [2.45, 2.75) is 40.0 Å². The molecule has 0 N–H and O–H groups in total. The van der Waals surface area contributed by atoms with Crippen molar-refractivity contribution >= 4 is 24.2 Å². The van der Waals surface area contributed by atoms with Crippen LogP contribution in [-0.4, -0.2) is 12.4 Å². The van der Waals surface area contributed by atoms with Crippen LogP contribution >= 0.6 is 24.2 Å². The van der Waals surface area contributed by atoms with Gasteiger partial charge in [-0.25, -0.2) is 0 Å². The van der Waals surface area contributed by atoms with Crippen molar-refractivity contribution in [1.82, 2.24) is 0 Å². The second-order valence-electron chi connectivity index (χ2n) is 4.28. The molecule has 96 valence electrons. The molecule has 0 unspecified atom stereocenters. The van der Waals surface area contributed by atoms with Crippen LogP contribution in [0.3, 0.4) is 0 Å². The van der Waals surface area contributed by atoms with Crippen molar-refractivity contribution in [2.75, 3.05) is 12.4 Å². The fourth-order valence-corrected chi connectivity index (χ4v) is 2.31. The number of thiol groups is 1. The van der Waals surface area contributed by atoms with Crippen LogP contribution in [0.1, 0.15) is 36.5 Å². The summed E-state index contributed by atoms with van der Waals surface area (Å²) in [6, 6.07) is 1.99. The maximum absolute atomic E-state index is 6.23. The molecule has 1 aromatic rings. The van der Waals surface area contributed by atoms with Gasteiger partial charge in [0, 0.05) is 5.02 Å². The van der Waals surface area contributed by atoms with E-state index >= 15 is 0 Å². The molecule has 0 spiro atoms. The Morgan fingerprint density at radius 3 is 2.65 bits per heavy atom. The molecule has 17 heavy (non-hydrogen) atoms. The molecule has 0 aliphatic rings. The van der Waals surface area contributed by atoms with E-state index in [1.807, 2.05) is 6.07 Å². The van der Waals surface area contributed by atoms with Crippen LogP contribution < -0.4 is 4.74 Å². The Morgan fingerprint density at radius 2 is 2.06 bits per heavy atom. The molecule has 1 rings (SSSR count). The molecule has 0 aromatic heterocycles. The second-order valence-corrected chi connectivity index (χ2v) is 5.14. The highest BCUT2D eigenvalue weighted by molar-refractivity contribution is 7.80. The number of aryl methyl sites for hydroxylation is 1. The Balaban J connectivity index is 3.09. The standard InChI is InChI=1S/C14H21ClOS/c1-4-7-16-14-10(2)9-13(15)11(3)12(14)6-5-8-17/h9,17H,4-8H2,1-3H3. The average Bonchev–Trinajstić information content (AvgIpc) is 2.30. The lowest BCUT2D eigenvalue weighted by Crippen LogP contribution is -2.04. The van der Waals surface area contributed by atoms with E-state index in [4.69, 9.17) is 16.3 Å². The largest absolute Gasteiger partial charge is 0.493 e. The molecular weight excluding hydrogens is 252 g/mol. The van der Waals surface area contributed by atoms with Crippen LogP contribution in [0.25, 0.3) is 0 Å². The van der Waals surface area contributed by atoms with Crippen LogP contribution in [0.4, 0.5) is 0 Å². The van der Waals surface area contributed by atoms with Crippen molar-refractivity contribution in [3.63, 3.8) is 0 Å². The van der Waals surface area contributed by atoms with E-state index in [0.29, 0.717) is 0 Å². The summed E-state index contributed by atoms with van der Waals surface area (Å²) in [7, 11) is 0. The van der Waals surface area contributed by atoms with Gasteiger partial charge in [-0.15, -0.1) is 0 Å². The molecule has 0 amide bonds. The van der Waals surface area contributed by atoms with Crippen LogP contribution in [0.2, 0.25) is 5.02 Å². The Kier molecular flexibility index (Phi) is 6.21. The number of ether oxygens (including phenoxy) is 1. The van der Waals surface area contributed by atoms with Gasteiger partial charge in [-0.2, -0.15) is 12.6 Å². The summed E-state index contributed by atoms with van der Waals surface area (Å²) >= 11 is 10.5. The molecule has 0 saturated heterocycles. The van der Waals surface area contributed by atoms with Gasteiger partial charge in [0.2, 0.25) is 0 Å². The average molecular weight is 273 g/mol. The van der Waals surface area contributed by atoms with Gasteiger partial charge in [0.1, 0.15) is 5.75 Å². The zero-order chi connectivity index (χ0) is 12.8. The van der Waals surface area contributed by atoms with Gasteiger partial charge in [-0.1, -0.05) is 18.5 Å².